The van der Waals surface area contributed by atoms with Crippen LogP contribution in [0.1, 0.15) is 26.7 Å². The third-order valence-electron chi connectivity index (χ3n) is 1.14. The molecule has 0 aliphatic rings. The number of thiophene rings is 1. The highest BCUT2D eigenvalue weighted by molar-refractivity contribution is 7.14. The number of unbranched alkanes of at least 4 members (excludes halogenated alkanes) is 1. The summed E-state index contributed by atoms with van der Waals surface area (Å²) in [5, 5.41) is 3.21. The second-order valence-corrected chi connectivity index (χ2v) is 3.49. The molecule has 1 heterocycles. The van der Waals surface area contributed by atoms with E-state index < -0.39 is 0 Å². The Morgan fingerprint density at radius 1 is 1.45 bits per heavy atom. The molecule has 0 amide bonds. The Morgan fingerprint density at radius 3 is 2.09 bits per heavy atom. The second-order valence-electron chi connectivity index (χ2n) is 2.13. The van der Waals surface area contributed by atoms with Crippen molar-refractivity contribution in [3.05, 3.63) is 16.5 Å². The number of nitrogen functional groups attached to an aromatic ring is 1. The van der Waals surface area contributed by atoms with Crippen LogP contribution in [0.25, 0.3) is 0 Å². The minimum Gasteiger partial charge on any atom is -0.389 e. The molecule has 2 N–H and O–H groups in total. The van der Waals surface area contributed by atoms with Crippen LogP contribution in [-0.4, -0.2) is 0 Å². The lowest BCUT2D eigenvalue weighted by molar-refractivity contribution is 0.886. The second kappa shape index (κ2) is 6.50. The fraction of sp³-hybridized carbons (Fsp3) is 0.500. The van der Waals surface area contributed by atoms with Gasteiger partial charge in [0.15, 0.2) is 0 Å². The standard InChI is InChI=1S/C4H4ClNS.C4H10/c5-3-1-2-7-4(3)6;1-3-4-2/h1-2H,6H2;3-4H2,1-2H3. The third-order valence-corrected chi connectivity index (χ3v) is 2.33. The maximum Gasteiger partial charge on any atom is 0.105 e. The van der Waals surface area contributed by atoms with E-state index in [1.54, 1.807) is 6.07 Å². The van der Waals surface area contributed by atoms with Crippen LogP contribution in [0.15, 0.2) is 11.4 Å². The molecule has 0 bridgehead atoms. The van der Waals surface area contributed by atoms with Gasteiger partial charge in [0, 0.05) is 0 Å². The molecule has 0 unspecified atom stereocenters. The third kappa shape index (κ3) is 5.10. The van der Waals surface area contributed by atoms with Crippen LogP contribution in [0, 0.1) is 0 Å². The molecule has 1 rings (SSSR count). The Kier molecular flexibility index (Phi) is 6.37. The van der Waals surface area contributed by atoms with E-state index in [-0.39, 0.29) is 0 Å². The van der Waals surface area contributed by atoms with Crippen molar-refractivity contribution < 1.29 is 0 Å². The first-order valence-electron chi connectivity index (χ1n) is 3.70. The van der Waals surface area contributed by atoms with Gasteiger partial charge in [0.2, 0.25) is 0 Å². The van der Waals surface area contributed by atoms with Gasteiger partial charge in [0.1, 0.15) is 5.00 Å². The van der Waals surface area contributed by atoms with Gasteiger partial charge in [-0.2, -0.15) is 0 Å². The molecule has 1 aromatic heterocycles. The van der Waals surface area contributed by atoms with Gasteiger partial charge in [-0.25, -0.2) is 0 Å². The molecule has 0 saturated heterocycles. The summed E-state index contributed by atoms with van der Waals surface area (Å²) in [4.78, 5) is 0. The van der Waals surface area contributed by atoms with Gasteiger partial charge in [0.25, 0.3) is 0 Å². The van der Waals surface area contributed by atoms with Gasteiger partial charge in [-0.3, -0.25) is 0 Å². The Labute approximate surface area is 77.2 Å². The van der Waals surface area contributed by atoms with Crippen molar-refractivity contribution in [2.24, 2.45) is 0 Å². The SMILES string of the molecule is CCCC.Nc1sccc1Cl. The number of hydrogen-bond donors (Lipinski definition) is 1. The highest BCUT2D eigenvalue weighted by Gasteiger charge is 1.90. The van der Waals surface area contributed by atoms with Crippen molar-refractivity contribution >= 4 is 27.9 Å². The minimum atomic E-state index is 0.657. The number of halogens is 1. The largest absolute Gasteiger partial charge is 0.389 e. The molecule has 11 heavy (non-hydrogen) atoms. The summed E-state index contributed by atoms with van der Waals surface area (Å²) in [7, 11) is 0. The molecule has 0 aliphatic carbocycles. The summed E-state index contributed by atoms with van der Waals surface area (Å²) < 4.78 is 0. The first-order valence-corrected chi connectivity index (χ1v) is 4.96. The fourth-order valence-corrected chi connectivity index (χ4v) is 1.11. The molecule has 0 atom stereocenters. The van der Waals surface area contributed by atoms with Crippen LogP contribution in [0.2, 0.25) is 5.02 Å². The van der Waals surface area contributed by atoms with Gasteiger partial charge in [-0.05, 0) is 11.4 Å². The highest BCUT2D eigenvalue weighted by atomic mass is 35.5. The molecule has 64 valence electrons. The van der Waals surface area contributed by atoms with E-state index in [0.29, 0.717) is 10.0 Å². The minimum absolute atomic E-state index is 0.657. The van der Waals surface area contributed by atoms with Crippen LogP contribution in [0.3, 0.4) is 0 Å². The van der Waals surface area contributed by atoms with Crippen molar-refractivity contribution in [2.75, 3.05) is 5.73 Å². The first-order chi connectivity index (χ1) is 5.22. The summed E-state index contributed by atoms with van der Waals surface area (Å²) in [6.07, 6.45) is 2.64. The van der Waals surface area contributed by atoms with Gasteiger partial charge in [-0.1, -0.05) is 38.3 Å². The van der Waals surface area contributed by atoms with E-state index in [4.69, 9.17) is 17.3 Å². The molecule has 0 aliphatic heterocycles. The molecule has 0 aromatic carbocycles. The van der Waals surface area contributed by atoms with Crippen LogP contribution in [0.5, 0.6) is 0 Å². The lowest BCUT2D eigenvalue weighted by atomic mass is 10.4. The van der Waals surface area contributed by atoms with E-state index in [1.807, 2.05) is 5.38 Å². The highest BCUT2D eigenvalue weighted by Crippen LogP contribution is 2.23. The molecular formula is C8H14ClNS. The van der Waals surface area contributed by atoms with Crippen molar-refractivity contribution in [3.63, 3.8) is 0 Å². The number of hydrogen-bond acceptors (Lipinski definition) is 2. The average Bonchev–Trinajstić information content (AvgIpc) is 2.37. The van der Waals surface area contributed by atoms with Crippen molar-refractivity contribution in [3.8, 4) is 0 Å². The lowest BCUT2D eigenvalue weighted by Gasteiger charge is -1.78. The monoisotopic (exact) mass is 191 g/mol. The number of rotatable bonds is 1. The predicted octanol–water partition coefficient (Wildman–Crippen LogP) is 3.79. The molecule has 0 radical (unpaired) electrons. The molecule has 0 fully saturated rings. The fourth-order valence-electron chi connectivity index (χ4n) is 0.305. The predicted molar refractivity (Wildman–Crippen MR) is 54.3 cm³/mol. The summed E-state index contributed by atoms with van der Waals surface area (Å²) in [6.45, 7) is 4.36. The van der Waals surface area contributed by atoms with E-state index in [1.165, 1.54) is 24.2 Å². The summed E-state index contributed by atoms with van der Waals surface area (Å²) >= 11 is 6.96. The average molecular weight is 192 g/mol. The summed E-state index contributed by atoms with van der Waals surface area (Å²) in [5.41, 5.74) is 5.33. The van der Waals surface area contributed by atoms with Gasteiger partial charge >= 0.3 is 0 Å². The van der Waals surface area contributed by atoms with Crippen LogP contribution in [0.4, 0.5) is 5.00 Å². The topological polar surface area (TPSA) is 26.0 Å². The van der Waals surface area contributed by atoms with Crippen molar-refractivity contribution in [1.82, 2.24) is 0 Å². The van der Waals surface area contributed by atoms with Gasteiger partial charge in [-0.15, -0.1) is 11.3 Å². The molecule has 0 saturated carbocycles. The first kappa shape index (κ1) is 10.8. The molecular weight excluding hydrogens is 178 g/mol. The van der Waals surface area contributed by atoms with Gasteiger partial charge < -0.3 is 5.73 Å². The molecule has 0 spiro atoms. The van der Waals surface area contributed by atoms with E-state index in [9.17, 15) is 0 Å². The normalized spacial score (nSPS) is 8.64. The summed E-state index contributed by atoms with van der Waals surface area (Å²) in [6, 6.07) is 1.78. The maximum absolute atomic E-state index is 5.51. The molecule has 1 nitrogen and oxygen atoms in total. The zero-order valence-electron chi connectivity index (χ0n) is 6.93. The van der Waals surface area contributed by atoms with Crippen LogP contribution in [-0.2, 0) is 0 Å². The van der Waals surface area contributed by atoms with Crippen LogP contribution >= 0.6 is 22.9 Å². The molecule has 1 aromatic rings. The van der Waals surface area contributed by atoms with E-state index in [0.717, 1.165) is 0 Å². The lowest BCUT2D eigenvalue weighted by Crippen LogP contribution is -1.75. The zero-order chi connectivity index (χ0) is 8.69. The van der Waals surface area contributed by atoms with Crippen LogP contribution < -0.4 is 5.73 Å². The van der Waals surface area contributed by atoms with Crippen molar-refractivity contribution in [1.29, 1.82) is 0 Å². The Hall–Kier alpha value is -0.210. The number of nitrogens with two attached hydrogens (primary N) is 1. The van der Waals surface area contributed by atoms with Gasteiger partial charge in [0.05, 0.1) is 5.02 Å². The number of anilines is 1. The molecule has 3 heteroatoms. The smallest absolute Gasteiger partial charge is 0.105 e. The van der Waals surface area contributed by atoms with E-state index >= 15 is 0 Å². The quantitative estimate of drug-likeness (QED) is 0.718. The van der Waals surface area contributed by atoms with E-state index in [2.05, 4.69) is 13.8 Å². The Bertz CT molecular complexity index is 167. The zero-order valence-corrected chi connectivity index (χ0v) is 8.50. The Balaban J connectivity index is 0.000000218. The maximum atomic E-state index is 5.51. The summed E-state index contributed by atoms with van der Waals surface area (Å²) in [5.74, 6) is 0. The Morgan fingerprint density at radius 2 is 2.00 bits per heavy atom. The van der Waals surface area contributed by atoms with Crippen molar-refractivity contribution in [2.45, 2.75) is 26.7 Å².